The molecule has 6 nitrogen and oxygen atoms in total. The fraction of sp³-hybridized carbons (Fsp3) is 0.217. The van der Waals surface area contributed by atoms with E-state index in [0.29, 0.717) is 22.7 Å². The van der Waals surface area contributed by atoms with Crippen molar-refractivity contribution >= 4 is 45.5 Å². The molecule has 0 spiro atoms. The second kappa shape index (κ2) is 9.09. The summed E-state index contributed by atoms with van der Waals surface area (Å²) in [5.41, 5.74) is 3.95. The lowest BCUT2D eigenvalue weighted by atomic mass is 10.1. The predicted molar refractivity (Wildman–Crippen MR) is 118 cm³/mol. The van der Waals surface area contributed by atoms with E-state index in [4.69, 9.17) is 4.42 Å². The van der Waals surface area contributed by atoms with Gasteiger partial charge in [-0.15, -0.1) is 0 Å². The molecule has 7 heteroatoms. The number of para-hydroxylation sites is 1. The van der Waals surface area contributed by atoms with Crippen LogP contribution in [0.4, 0.5) is 0 Å². The van der Waals surface area contributed by atoms with E-state index in [2.05, 4.69) is 15.3 Å². The number of hydrogen-bond acceptors (Lipinski definition) is 6. The van der Waals surface area contributed by atoms with Crippen LogP contribution >= 0.6 is 11.8 Å². The summed E-state index contributed by atoms with van der Waals surface area (Å²) in [6.07, 6.45) is 3.23. The summed E-state index contributed by atoms with van der Waals surface area (Å²) in [6, 6.07) is 15.4. The third kappa shape index (κ3) is 4.52. The largest absolute Gasteiger partial charge is 0.451 e. The minimum Gasteiger partial charge on any atom is -0.451 e. The second-order valence-electron chi connectivity index (χ2n) is 6.95. The molecule has 4 rings (SSSR count). The number of fused-ring (bicyclic) bond motifs is 3. The number of carbonyl (C=O) groups excluding carboxylic acids is 2. The molecule has 0 aliphatic heterocycles. The first-order valence-electron chi connectivity index (χ1n) is 9.73. The van der Waals surface area contributed by atoms with Crippen LogP contribution in [-0.2, 0) is 11.2 Å². The maximum atomic E-state index is 12.6. The minimum absolute atomic E-state index is 0.0166. The summed E-state index contributed by atoms with van der Waals surface area (Å²) in [6.45, 7) is 2.17. The van der Waals surface area contributed by atoms with Gasteiger partial charge in [-0.25, -0.2) is 9.97 Å². The Bertz CT molecular complexity index is 1200. The molecule has 2 heterocycles. The molecular formula is C23H21N3O3S. The molecule has 0 atom stereocenters. The maximum Gasteiger partial charge on any atom is 0.216 e. The first-order chi connectivity index (χ1) is 14.6. The summed E-state index contributed by atoms with van der Waals surface area (Å²) in [4.78, 5) is 32.2. The maximum absolute atomic E-state index is 12.6. The highest BCUT2D eigenvalue weighted by Gasteiger charge is 2.15. The van der Waals surface area contributed by atoms with Crippen molar-refractivity contribution in [1.82, 2.24) is 15.3 Å². The number of nitrogens with zero attached hydrogens (tertiary/aromatic N) is 2. The zero-order valence-corrected chi connectivity index (χ0v) is 17.4. The van der Waals surface area contributed by atoms with E-state index in [1.807, 2.05) is 48.5 Å². The topological polar surface area (TPSA) is 85.1 Å². The van der Waals surface area contributed by atoms with E-state index in [1.165, 1.54) is 25.0 Å². The van der Waals surface area contributed by atoms with Crippen molar-refractivity contribution in [2.24, 2.45) is 0 Å². The summed E-state index contributed by atoms with van der Waals surface area (Å²) >= 11 is 1.36. The second-order valence-corrected chi connectivity index (χ2v) is 7.91. The lowest BCUT2D eigenvalue weighted by Crippen LogP contribution is -2.21. The summed E-state index contributed by atoms with van der Waals surface area (Å²) in [5, 5.41) is 4.39. The average molecular weight is 420 g/mol. The molecule has 30 heavy (non-hydrogen) atoms. The standard InChI is InChI=1S/C23H21N3O3S/c1-15(27)24-12-4-5-16-8-10-17(11-9-16)19(28)13-30-23-22-21(25-14-26-23)18-6-2-3-7-20(18)29-22/h2-3,6-11,14H,4-5,12-13H2,1H3,(H,24,27). The van der Waals surface area contributed by atoms with Crippen LogP contribution in [0.2, 0.25) is 0 Å². The van der Waals surface area contributed by atoms with E-state index in [9.17, 15) is 9.59 Å². The fourth-order valence-corrected chi connectivity index (χ4v) is 4.06. The van der Waals surface area contributed by atoms with Crippen LogP contribution in [0.3, 0.4) is 0 Å². The first kappa shape index (κ1) is 20.1. The number of furan rings is 1. The normalized spacial score (nSPS) is 11.1. The molecule has 0 saturated carbocycles. The van der Waals surface area contributed by atoms with E-state index in [0.717, 1.165) is 34.9 Å². The number of rotatable bonds is 8. The molecule has 0 saturated heterocycles. The number of aromatic nitrogens is 2. The Morgan fingerprint density at radius 2 is 1.87 bits per heavy atom. The molecule has 2 aromatic heterocycles. The number of hydrogen-bond donors (Lipinski definition) is 1. The van der Waals surface area contributed by atoms with Gasteiger partial charge in [0.25, 0.3) is 0 Å². The van der Waals surface area contributed by atoms with Crippen LogP contribution in [0.1, 0.15) is 29.3 Å². The Balaban J connectivity index is 1.39. The van der Waals surface area contributed by atoms with Gasteiger partial charge < -0.3 is 9.73 Å². The number of thioether (sulfide) groups is 1. The molecule has 1 N–H and O–H groups in total. The lowest BCUT2D eigenvalue weighted by molar-refractivity contribution is -0.118. The monoisotopic (exact) mass is 419 g/mol. The zero-order chi connectivity index (χ0) is 20.9. The van der Waals surface area contributed by atoms with Crippen molar-refractivity contribution in [2.75, 3.05) is 12.3 Å². The van der Waals surface area contributed by atoms with E-state index < -0.39 is 0 Å². The molecule has 0 fully saturated rings. The Morgan fingerprint density at radius 1 is 1.07 bits per heavy atom. The van der Waals surface area contributed by atoms with Crippen LogP contribution in [-0.4, -0.2) is 34.0 Å². The molecule has 1 amide bonds. The Hall–Kier alpha value is -3.19. The van der Waals surface area contributed by atoms with Crippen molar-refractivity contribution in [2.45, 2.75) is 24.8 Å². The number of carbonyl (C=O) groups is 2. The first-order valence-corrected chi connectivity index (χ1v) is 10.7. The minimum atomic E-state index is -0.0166. The van der Waals surface area contributed by atoms with Crippen LogP contribution in [0, 0.1) is 0 Å². The van der Waals surface area contributed by atoms with Gasteiger partial charge in [-0.1, -0.05) is 48.2 Å². The molecule has 0 bridgehead atoms. The van der Waals surface area contributed by atoms with E-state index in [1.54, 1.807) is 0 Å². The van der Waals surface area contributed by atoms with Gasteiger partial charge in [0.15, 0.2) is 11.4 Å². The Kier molecular flexibility index (Phi) is 6.09. The van der Waals surface area contributed by atoms with Gasteiger partial charge in [-0.2, -0.15) is 0 Å². The van der Waals surface area contributed by atoms with Crippen molar-refractivity contribution in [1.29, 1.82) is 0 Å². The Labute approximate surface area is 178 Å². The third-order valence-corrected chi connectivity index (χ3v) is 5.73. The summed E-state index contributed by atoms with van der Waals surface area (Å²) in [5.74, 6) is 0.287. The van der Waals surface area contributed by atoms with Gasteiger partial charge in [0, 0.05) is 24.4 Å². The van der Waals surface area contributed by atoms with Crippen molar-refractivity contribution in [3.63, 3.8) is 0 Å². The van der Waals surface area contributed by atoms with Gasteiger partial charge in [-0.3, -0.25) is 9.59 Å². The predicted octanol–water partition coefficient (Wildman–Crippen LogP) is 4.42. The molecule has 152 valence electrons. The molecular weight excluding hydrogens is 398 g/mol. The highest BCUT2D eigenvalue weighted by Crippen LogP contribution is 2.32. The third-order valence-electron chi connectivity index (χ3n) is 4.76. The van der Waals surface area contributed by atoms with Gasteiger partial charge >= 0.3 is 0 Å². The van der Waals surface area contributed by atoms with Gasteiger partial charge in [0.05, 0.1) is 5.75 Å². The highest BCUT2D eigenvalue weighted by atomic mass is 32.2. The number of ketones is 1. The number of benzene rings is 2. The smallest absolute Gasteiger partial charge is 0.216 e. The van der Waals surface area contributed by atoms with Crippen LogP contribution in [0.5, 0.6) is 0 Å². The van der Waals surface area contributed by atoms with Crippen LogP contribution in [0.15, 0.2) is 64.3 Å². The van der Waals surface area contributed by atoms with Crippen LogP contribution < -0.4 is 5.32 Å². The number of nitrogens with one attached hydrogen (secondary N) is 1. The van der Waals surface area contributed by atoms with Gasteiger partial charge in [0.2, 0.25) is 5.91 Å². The van der Waals surface area contributed by atoms with Crippen molar-refractivity contribution in [3.05, 3.63) is 66.0 Å². The Morgan fingerprint density at radius 3 is 2.67 bits per heavy atom. The van der Waals surface area contributed by atoms with E-state index in [-0.39, 0.29) is 17.4 Å². The lowest BCUT2D eigenvalue weighted by Gasteiger charge is -2.05. The average Bonchev–Trinajstić information content (AvgIpc) is 3.15. The number of Topliss-reactive ketones (excluding diaryl/α,β-unsaturated/α-hetero) is 1. The quantitative estimate of drug-likeness (QED) is 0.197. The van der Waals surface area contributed by atoms with Crippen molar-refractivity contribution in [3.8, 4) is 0 Å². The van der Waals surface area contributed by atoms with Crippen LogP contribution in [0.25, 0.3) is 22.1 Å². The summed E-state index contributed by atoms with van der Waals surface area (Å²) < 4.78 is 5.92. The molecule has 2 aromatic carbocycles. The number of aryl methyl sites for hydroxylation is 1. The molecule has 0 aliphatic carbocycles. The number of amides is 1. The van der Waals surface area contributed by atoms with Gasteiger partial charge in [0.1, 0.15) is 22.5 Å². The van der Waals surface area contributed by atoms with E-state index >= 15 is 0 Å². The molecule has 0 radical (unpaired) electrons. The van der Waals surface area contributed by atoms with Gasteiger partial charge in [-0.05, 0) is 30.5 Å². The molecule has 4 aromatic rings. The SMILES string of the molecule is CC(=O)NCCCc1ccc(C(=O)CSc2ncnc3c2oc2ccccc23)cc1. The highest BCUT2D eigenvalue weighted by molar-refractivity contribution is 8.00. The molecule has 0 unspecified atom stereocenters. The zero-order valence-electron chi connectivity index (χ0n) is 16.6. The fourth-order valence-electron chi connectivity index (χ4n) is 3.24. The van der Waals surface area contributed by atoms with Crippen molar-refractivity contribution < 1.29 is 14.0 Å². The summed E-state index contributed by atoms with van der Waals surface area (Å²) in [7, 11) is 0. The molecule has 0 aliphatic rings.